The SMILES string of the molecule is COc1ccc(C=c2sc(=C(C#N)C(=O)Nc3ccc(F)cc3)n(-c3ccccc3)c2=O)cc1. The standard InChI is InChI=1S/C26H18FN3O3S/c1-33-21-13-7-17(8-14-21)15-23-25(32)30(20-5-3-2-4-6-20)26(34-23)22(16-28)24(31)29-19-11-9-18(27)10-12-19/h2-15H,1H3,(H,29,31). The number of thiazole rings is 1. The molecule has 1 heterocycles. The predicted molar refractivity (Wildman–Crippen MR) is 130 cm³/mol. The summed E-state index contributed by atoms with van der Waals surface area (Å²) in [5, 5.41) is 12.4. The largest absolute Gasteiger partial charge is 0.497 e. The summed E-state index contributed by atoms with van der Waals surface area (Å²) in [4.78, 5) is 26.3. The Bertz CT molecular complexity index is 1550. The van der Waals surface area contributed by atoms with E-state index in [0.717, 1.165) is 16.9 Å². The Kier molecular flexibility index (Phi) is 6.67. The van der Waals surface area contributed by atoms with Crippen molar-refractivity contribution in [3.05, 3.63) is 110 Å². The molecule has 4 aromatic rings. The molecule has 0 atom stereocenters. The zero-order valence-electron chi connectivity index (χ0n) is 18.0. The second kappa shape index (κ2) is 9.98. The molecule has 0 aliphatic heterocycles. The molecular weight excluding hydrogens is 453 g/mol. The number of aromatic nitrogens is 1. The molecule has 0 aliphatic carbocycles. The summed E-state index contributed by atoms with van der Waals surface area (Å²) < 4.78 is 20.3. The fourth-order valence-electron chi connectivity index (χ4n) is 3.24. The van der Waals surface area contributed by atoms with Crippen molar-refractivity contribution in [2.24, 2.45) is 0 Å². The molecule has 0 saturated carbocycles. The monoisotopic (exact) mass is 471 g/mol. The smallest absolute Gasteiger partial charge is 0.273 e. The van der Waals surface area contributed by atoms with Gasteiger partial charge in [-0.3, -0.25) is 14.2 Å². The lowest BCUT2D eigenvalue weighted by Gasteiger charge is -2.05. The van der Waals surface area contributed by atoms with E-state index < -0.39 is 11.7 Å². The number of amides is 1. The summed E-state index contributed by atoms with van der Waals surface area (Å²) in [7, 11) is 1.57. The number of nitrogens with one attached hydrogen (secondary N) is 1. The summed E-state index contributed by atoms with van der Waals surface area (Å²) in [5.74, 6) is -0.461. The van der Waals surface area contributed by atoms with Crippen LogP contribution in [0.1, 0.15) is 5.56 Å². The number of ether oxygens (including phenoxy) is 1. The molecule has 8 heteroatoms. The van der Waals surface area contributed by atoms with Crippen LogP contribution in [0.4, 0.5) is 10.1 Å². The molecule has 34 heavy (non-hydrogen) atoms. The summed E-state index contributed by atoms with van der Waals surface area (Å²) in [6.45, 7) is 0. The Morgan fingerprint density at radius 1 is 1.06 bits per heavy atom. The van der Waals surface area contributed by atoms with Gasteiger partial charge in [0.25, 0.3) is 11.5 Å². The van der Waals surface area contributed by atoms with E-state index >= 15 is 0 Å². The van der Waals surface area contributed by atoms with Crippen LogP contribution in [0.2, 0.25) is 0 Å². The molecule has 1 amide bonds. The summed E-state index contributed by atoms with van der Waals surface area (Å²) in [5.41, 5.74) is 1.03. The minimum absolute atomic E-state index is 0.193. The Labute approximate surface area is 198 Å². The zero-order valence-corrected chi connectivity index (χ0v) is 18.8. The predicted octanol–water partition coefficient (Wildman–Crippen LogP) is 3.19. The molecular formula is C26H18FN3O3S. The van der Waals surface area contributed by atoms with Gasteiger partial charge in [-0.2, -0.15) is 5.26 Å². The van der Waals surface area contributed by atoms with Crippen molar-refractivity contribution >= 4 is 34.6 Å². The zero-order chi connectivity index (χ0) is 24.1. The van der Waals surface area contributed by atoms with Crippen LogP contribution in [0.5, 0.6) is 5.75 Å². The number of carbonyl (C=O) groups is 1. The maximum absolute atomic E-state index is 13.4. The highest BCUT2D eigenvalue weighted by atomic mass is 32.1. The Balaban J connectivity index is 1.91. The van der Waals surface area contributed by atoms with Gasteiger partial charge in [0.15, 0.2) is 5.57 Å². The van der Waals surface area contributed by atoms with E-state index in [9.17, 15) is 19.2 Å². The summed E-state index contributed by atoms with van der Waals surface area (Å²) in [6, 6.07) is 23.1. The van der Waals surface area contributed by atoms with Crippen LogP contribution in [0.15, 0.2) is 83.7 Å². The van der Waals surface area contributed by atoms with Crippen LogP contribution in [0.25, 0.3) is 17.3 Å². The lowest BCUT2D eigenvalue weighted by molar-refractivity contribution is -0.111. The van der Waals surface area contributed by atoms with Crippen LogP contribution >= 0.6 is 11.3 Å². The van der Waals surface area contributed by atoms with Gasteiger partial charge in [-0.25, -0.2) is 4.39 Å². The number of rotatable bonds is 5. The van der Waals surface area contributed by atoms with E-state index in [1.165, 1.54) is 28.8 Å². The van der Waals surface area contributed by atoms with Gasteiger partial charge in [-0.1, -0.05) is 30.3 Å². The average Bonchev–Trinajstić information content (AvgIpc) is 3.17. The molecule has 0 fully saturated rings. The third-order valence-corrected chi connectivity index (χ3v) is 6.00. The Hall–Kier alpha value is -4.48. The number of methoxy groups -OCH3 is 1. The quantitative estimate of drug-likeness (QED) is 0.485. The van der Waals surface area contributed by atoms with E-state index in [0.29, 0.717) is 21.7 Å². The number of hydrogen-bond donors (Lipinski definition) is 1. The highest BCUT2D eigenvalue weighted by molar-refractivity contribution is 7.07. The fraction of sp³-hybridized carbons (Fsp3) is 0.0385. The van der Waals surface area contributed by atoms with Crippen molar-refractivity contribution in [2.45, 2.75) is 0 Å². The number of anilines is 1. The molecule has 0 radical (unpaired) electrons. The number of hydrogen-bond acceptors (Lipinski definition) is 5. The second-order valence-corrected chi connectivity index (χ2v) is 8.14. The van der Waals surface area contributed by atoms with Gasteiger partial charge in [0.05, 0.1) is 17.3 Å². The van der Waals surface area contributed by atoms with Gasteiger partial charge in [-0.15, -0.1) is 11.3 Å². The van der Waals surface area contributed by atoms with Gasteiger partial charge in [0, 0.05) is 5.69 Å². The first kappa shape index (κ1) is 22.7. The van der Waals surface area contributed by atoms with Gasteiger partial charge >= 0.3 is 0 Å². The first-order valence-corrected chi connectivity index (χ1v) is 11.0. The third kappa shape index (κ3) is 4.80. The molecule has 3 aromatic carbocycles. The molecule has 1 aromatic heterocycles. The molecule has 0 saturated heterocycles. The maximum Gasteiger partial charge on any atom is 0.273 e. The normalized spacial score (nSPS) is 12.1. The van der Waals surface area contributed by atoms with Crippen LogP contribution in [-0.2, 0) is 4.79 Å². The van der Waals surface area contributed by atoms with E-state index in [1.807, 2.05) is 6.07 Å². The highest BCUT2D eigenvalue weighted by Crippen LogP contribution is 2.12. The molecule has 6 nitrogen and oxygen atoms in total. The van der Waals surface area contributed by atoms with Gasteiger partial charge in [0.1, 0.15) is 22.3 Å². The molecule has 1 N–H and O–H groups in total. The molecule has 0 bridgehead atoms. The van der Waals surface area contributed by atoms with Crippen molar-refractivity contribution in [3.63, 3.8) is 0 Å². The number of nitriles is 1. The van der Waals surface area contributed by atoms with E-state index in [4.69, 9.17) is 4.74 Å². The lowest BCUT2D eigenvalue weighted by atomic mass is 10.2. The van der Waals surface area contributed by atoms with Crippen molar-refractivity contribution in [3.8, 4) is 17.5 Å². The first-order valence-electron chi connectivity index (χ1n) is 10.1. The molecule has 168 valence electrons. The topological polar surface area (TPSA) is 84.1 Å². The number of benzene rings is 3. The van der Waals surface area contributed by atoms with Crippen LogP contribution in [-0.4, -0.2) is 17.6 Å². The maximum atomic E-state index is 13.4. The van der Waals surface area contributed by atoms with Gasteiger partial charge in [-0.05, 0) is 60.2 Å². The molecule has 0 spiro atoms. The first-order chi connectivity index (χ1) is 16.5. The van der Waals surface area contributed by atoms with Gasteiger partial charge in [0.2, 0.25) is 0 Å². The summed E-state index contributed by atoms with van der Waals surface area (Å²) in [6.07, 6.45) is 1.70. The van der Waals surface area contributed by atoms with Crippen LogP contribution in [0, 0.1) is 17.1 Å². The number of para-hydroxylation sites is 1. The minimum Gasteiger partial charge on any atom is -0.497 e. The van der Waals surface area contributed by atoms with Crippen molar-refractivity contribution < 1.29 is 13.9 Å². The van der Waals surface area contributed by atoms with E-state index in [1.54, 1.807) is 67.8 Å². The van der Waals surface area contributed by atoms with Crippen LogP contribution in [0.3, 0.4) is 0 Å². The van der Waals surface area contributed by atoms with Crippen molar-refractivity contribution in [1.82, 2.24) is 4.57 Å². The third-order valence-electron chi connectivity index (χ3n) is 4.91. The Morgan fingerprint density at radius 3 is 2.35 bits per heavy atom. The second-order valence-electron chi connectivity index (χ2n) is 7.11. The van der Waals surface area contributed by atoms with E-state index in [-0.39, 0.29) is 15.8 Å². The van der Waals surface area contributed by atoms with E-state index in [2.05, 4.69) is 5.32 Å². The molecule has 0 unspecified atom stereocenters. The lowest BCUT2D eigenvalue weighted by Crippen LogP contribution is -2.32. The van der Waals surface area contributed by atoms with Crippen molar-refractivity contribution in [2.75, 3.05) is 12.4 Å². The van der Waals surface area contributed by atoms with Crippen LogP contribution < -0.4 is 24.8 Å². The minimum atomic E-state index is -0.698. The highest BCUT2D eigenvalue weighted by Gasteiger charge is 2.17. The van der Waals surface area contributed by atoms with Crippen molar-refractivity contribution in [1.29, 1.82) is 5.26 Å². The number of carbonyl (C=O) groups excluding carboxylic acids is 1. The Morgan fingerprint density at radius 2 is 1.74 bits per heavy atom. The van der Waals surface area contributed by atoms with Gasteiger partial charge < -0.3 is 10.1 Å². The fourth-order valence-corrected chi connectivity index (χ4v) is 4.34. The number of nitrogens with zero attached hydrogens (tertiary/aromatic N) is 2. The number of halogens is 1. The molecule has 0 aliphatic rings. The average molecular weight is 472 g/mol. The summed E-state index contributed by atoms with van der Waals surface area (Å²) >= 11 is 1.04. The molecule has 4 rings (SSSR count).